The van der Waals surface area contributed by atoms with E-state index >= 15 is 0 Å². The van der Waals surface area contributed by atoms with E-state index < -0.39 is 0 Å². The lowest BCUT2D eigenvalue weighted by Crippen LogP contribution is -2.42. The van der Waals surface area contributed by atoms with E-state index in [0.717, 1.165) is 51.1 Å². The fraction of sp³-hybridized carbons (Fsp3) is 0.375. The molecule has 1 fully saturated rings. The average Bonchev–Trinajstić information content (AvgIpc) is 3.13. The van der Waals surface area contributed by atoms with Crippen LogP contribution < -0.4 is 15.0 Å². The van der Waals surface area contributed by atoms with Gasteiger partial charge in [-0.05, 0) is 100 Å². The van der Waals surface area contributed by atoms with Gasteiger partial charge < -0.3 is 15.0 Å². The maximum atomic E-state index is 13.7. The highest BCUT2D eigenvalue weighted by Crippen LogP contribution is 2.36. The Morgan fingerprint density at radius 2 is 1.74 bits per heavy atom. The van der Waals surface area contributed by atoms with E-state index in [1.807, 2.05) is 42.2 Å². The summed E-state index contributed by atoms with van der Waals surface area (Å²) in [6, 6.07) is 17.9. The summed E-state index contributed by atoms with van der Waals surface area (Å²) in [7, 11) is 1.62. The molecule has 9 nitrogen and oxygen atoms in total. The number of aromatic nitrogens is 1. The lowest BCUT2D eigenvalue weighted by Gasteiger charge is -2.33. The summed E-state index contributed by atoms with van der Waals surface area (Å²) in [6.07, 6.45) is 5.66. The lowest BCUT2D eigenvalue weighted by molar-refractivity contribution is -0.119. The van der Waals surface area contributed by atoms with Crippen molar-refractivity contribution in [2.75, 3.05) is 50.1 Å². The number of hydrogen-bond acceptors (Lipinski definition) is 6. The van der Waals surface area contributed by atoms with Crippen LogP contribution in [0, 0.1) is 5.92 Å². The number of carbonyl (C=O) groups excluding carboxylic acids is 3. The minimum absolute atomic E-state index is 0. The van der Waals surface area contributed by atoms with E-state index in [4.69, 9.17) is 4.74 Å². The molecule has 230 valence electrons. The van der Waals surface area contributed by atoms with Gasteiger partial charge >= 0.3 is 0 Å². The second kappa shape index (κ2) is 15.7. The van der Waals surface area contributed by atoms with E-state index in [9.17, 15) is 14.4 Å². The predicted molar refractivity (Wildman–Crippen MR) is 173 cm³/mol. The smallest absolute Gasteiger partial charge is 0.257 e. The molecule has 5 rings (SSSR count). The molecule has 2 aliphatic rings. The molecule has 3 amide bonds. The van der Waals surface area contributed by atoms with Gasteiger partial charge in [0.1, 0.15) is 5.75 Å². The second-order valence-corrected chi connectivity index (χ2v) is 10.6. The summed E-state index contributed by atoms with van der Waals surface area (Å²) in [4.78, 5) is 49.6. The molecule has 0 bridgehead atoms. The van der Waals surface area contributed by atoms with Crippen LogP contribution in [-0.4, -0.2) is 72.3 Å². The number of para-hydroxylation sites is 1. The van der Waals surface area contributed by atoms with Crippen LogP contribution in [0.3, 0.4) is 0 Å². The molecule has 0 atom stereocenters. The number of ether oxygens (including phenoxy) is 1. The van der Waals surface area contributed by atoms with E-state index in [0.29, 0.717) is 40.8 Å². The zero-order chi connectivity index (χ0) is 28.8. The van der Waals surface area contributed by atoms with Gasteiger partial charge in [-0.3, -0.25) is 24.2 Å². The summed E-state index contributed by atoms with van der Waals surface area (Å²) in [5, 5.41) is 2.89. The molecular formula is C32H39Cl2N5O4. The Kier molecular flexibility index (Phi) is 12.4. The molecular weight excluding hydrogens is 589 g/mol. The predicted octanol–water partition coefficient (Wildman–Crippen LogP) is 5.82. The van der Waals surface area contributed by atoms with Crippen LogP contribution in [0.2, 0.25) is 0 Å². The number of hydrogen-bond donors (Lipinski definition) is 1. The fourth-order valence-corrected chi connectivity index (χ4v) is 5.68. The number of pyridine rings is 1. The lowest BCUT2D eigenvalue weighted by atomic mass is 9.92. The van der Waals surface area contributed by atoms with Crippen LogP contribution in [0.1, 0.15) is 53.3 Å². The Morgan fingerprint density at radius 1 is 1.02 bits per heavy atom. The van der Waals surface area contributed by atoms with Gasteiger partial charge in [0, 0.05) is 24.8 Å². The molecule has 0 spiro atoms. The summed E-state index contributed by atoms with van der Waals surface area (Å²) >= 11 is 0. The molecule has 0 saturated carbocycles. The SMILES string of the molecule is CCN(CCCC1CCN(CC(=O)N2c3ccccc3C(=O)Nc3cccnc32)CC1)C(=O)c1ccc(OC)cc1.Cl.Cl. The number of halogens is 2. The zero-order valence-electron chi connectivity index (χ0n) is 24.5. The number of methoxy groups -OCH3 is 1. The Labute approximate surface area is 265 Å². The van der Waals surface area contributed by atoms with E-state index in [-0.39, 0.29) is 49.1 Å². The van der Waals surface area contributed by atoms with Gasteiger partial charge in [0.05, 0.1) is 30.6 Å². The number of likely N-dealkylation sites (tertiary alicyclic amines) is 1. The summed E-state index contributed by atoms with van der Waals surface area (Å²) < 4.78 is 5.20. The summed E-state index contributed by atoms with van der Waals surface area (Å²) in [5.74, 6) is 1.44. The van der Waals surface area contributed by atoms with Crippen molar-refractivity contribution in [3.63, 3.8) is 0 Å². The quantitative estimate of drug-likeness (QED) is 0.321. The van der Waals surface area contributed by atoms with Crippen LogP contribution >= 0.6 is 24.8 Å². The number of nitrogens with one attached hydrogen (secondary N) is 1. The van der Waals surface area contributed by atoms with Crippen molar-refractivity contribution in [3.8, 4) is 5.75 Å². The first-order chi connectivity index (χ1) is 20.0. The Hall–Kier alpha value is -3.66. The minimum atomic E-state index is -0.252. The largest absolute Gasteiger partial charge is 0.497 e. The molecule has 43 heavy (non-hydrogen) atoms. The molecule has 3 heterocycles. The molecule has 11 heteroatoms. The van der Waals surface area contributed by atoms with Gasteiger partial charge in [0.2, 0.25) is 5.91 Å². The first kappa shape index (κ1) is 33.8. The Balaban J connectivity index is 0.00000253. The third-order valence-corrected chi connectivity index (χ3v) is 8.00. The molecule has 1 aromatic heterocycles. The topological polar surface area (TPSA) is 95.1 Å². The Morgan fingerprint density at radius 3 is 2.44 bits per heavy atom. The molecule has 2 aromatic carbocycles. The number of piperidine rings is 1. The zero-order valence-corrected chi connectivity index (χ0v) is 26.2. The number of benzene rings is 2. The van der Waals surface area contributed by atoms with Crippen LogP contribution in [0.5, 0.6) is 5.75 Å². The molecule has 0 radical (unpaired) electrons. The number of carbonyl (C=O) groups is 3. The molecule has 0 aliphatic carbocycles. The van der Waals surface area contributed by atoms with Crippen LogP contribution in [0.15, 0.2) is 66.9 Å². The number of fused-ring (bicyclic) bond motifs is 2. The normalized spacial score (nSPS) is 14.7. The Bertz CT molecular complexity index is 1400. The monoisotopic (exact) mass is 627 g/mol. The van der Waals surface area contributed by atoms with E-state index in [2.05, 4.69) is 15.2 Å². The van der Waals surface area contributed by atoms with Gasteiger partial charge in [0.25, 0.3) is 11.8 Å². The number of nitrogens with zero attached hydrogens (tertiary/aromatic N) is 4. The van der Waals surface area contributed by atoms with Gasteiger partial charge in [0.15, 0.2) is 5.82 Å². The molecule has 1 N–H and O–H groups in total. The van der Waals surface area contributed by atoms with Crippen molar-refractivity contribution in [1.29, 1.82) is 0 Å². The van der Waals surface area contributed by atoms with Crippen molar-refractivity contribution >= 4 is 59.7 Å². The van der Waals surface area contributed by atoms with Crippen LogP contribution in [0.4, 0.5) is 17.2 Å². The summed E-state index contributed by atoms with van der Waals surface area (Å²) in [6.45, 7) is 5.34. The van der Waals surface area contributed by atoms with Crippen LogP contribution in [0.25, 0.3) is 0 Å². The van der Waals surface area contributed by atoms with Gasteiger partial charge in [-0.15, -0.1) is 24.8 Å². The van der Waals surface area contributed by atoms with Gasteiger partial charge in [-0.1, -0.05) is 12.1 Å². The first-order valence-corrected chi connectivity index (χ1v) is 14.3. The highest BCUT2D eigenvalue weighted by Gasteiger charge is 2.31. The summed E-state index contributed by atoms with van der Waals surface area (Å²) in [5.41, 5.74) is 2.19. The van der Waals surface area contributed by atoms with E-state index in [1.165, 1.54) is 0 Å². The highest BCUT2D eigenvalue weighted by atomic mass is 35.5. The highest BCUT2D eigenvalue weighted by molar-refractivity contribution is 6.17. The van der Waals surface area contributed by atoms with Crippen molar-refractivity contribution in [3.05, 3.63) is 78.0 Å². The number of anilines is 3. The third-order valence-electron chi connectivity index (χ3n) is 8.00. The number of amides is 3. The van der Waals surface area contributed by atoms with Crippen molar-refractivity contribution in [2.24, 2.45) is 5.92 Å². The van der Waals surface area contributed by atoms with Crippen molar-refractivity contribution in [2.45, 2.75) is 32.6 Å². The maximum absolute atomic E-state index is 13.7. The number of rotatable bonds is 9. The fourth-order valence-electron chi connectivity index (χ4n) is 5.68. The maximum Gasteiger partial charge on any atom is 0.257 e. The average molecular weight is 629 g/mol. The van der Waals surface area contributed by atoms with Crippen molar-refractivity contribution in [1.82, 2.24) is 14.8 Å². The van der Waals surface area contributed by atoms with Crippen LogP contribution in [-0.2, 0) is 4.79 Å². The third kappa shape index (κ3) is 7.84. The van der Waals surface area contributed by atoms with E-state index in [1.54, 1.807) is 48.5 Å². The molecule has 0 unspecified atom stereocenters. The van der Waals surface area contributed by atoms with Gasteiger partial charge in [-0.2, -0.15) is 0 Å². The van der Waals surface area contributed by atoms with Crippen molar-refractivity contribution < 1.29 is 19.1 Å². The first-order valence-electron chi connectivity index (χ1n) is 14.3. The molecule has 1 saturated heterocycles. The molecule has 3 aromatic rings. The second-order valence-electron chi connectivity index (χ2n) is 10.6. The standard InChI is InChI=1S/C32H37N5O4.2ClH/c1-3-36(32(40)24-12-14-25(41-2)15-13-24)19-7-8-23-16-20-35(21-17-23)22-29(38)37-28-11-5-4-9-26(28)31(39)34-27-10-6-18-33-30(27)37;;/h4-6,9-15,18,23H,3,7-8,16-17,19-22H2,1-2H3,(H,34,39);2*1H. The molecule has 2 aliphatic heterocycles. The van der Waals surface area contributed by atoms with Gasteiger partial charge in [-0.25, -0.2) is 4.98 Å². The minimum Gasteiger partial charge on any atom is -0.497 e.